The summed E-state index contributed by atoms with van der Waals surface area (Å²) < 4.78 is 31.2. The van der Waals surface area contributed by atoms with Crippen LogP contribution in [0.15, 0.2) is 36.5 Å². The van der Waals surface area contributed by atoms with Crippen molar-refractivity contribution in [3.63, 3.8) is 0 Å². The van der Waals surface area contributed by atoms with Crippen molar-refractivity contribution in [2.45, 2.75) is 31.7 Å². The van der Waals surface area contributed by atoms with Crippen LogP contribution in [-0.2, 0) is 22.4 Å². The number of aromatic nitrogens is 2. The number of aryl methyl sites for hydroxylation is 1. The van der Waals surface area contributed by atoms with E-state index < -0.39 is 12.1 Å². The van der Waals surface area contributed by atoms with Gasteiger partial charge in [-0.3, -0.25) is 4.98 Å². The number of methoxy groups -OCH3 is 1. The van der Waals surface area contributed by atoms with Crippen LogP contribution in [-0.4, -0.2) is 42.6 Å². The first-order chi connectivity index (χ1) is 15.0. The predicted molar refractivity (Wildman–Crippen MR) is 117 cm³/mol. The highest BCUT2D eigenvalue weighted by atomic mass is 35.5. The van der Waals surface area contributed by atoms with Crippen LogP contribution in [0.2, 0.25) is 10.0 Å². The zero-order chi connectivity index (χ0) is 21.8. The summed E-state index contributed by atoms with van der Waals surface area (Å²) in [5, 5.41) is 4.44. The van der Waals surface area contributed by atoms with Gasteiger partial charge in [0.15, 0.2) is 6.29 Å². The fourth-order valence-electron chi connectivity index (χ4n) is 3.43. The molecule has 0 radical (unpaired) electrons. The van der Waals surface area contributed by atoms with Crippen molar-refractivity contribution in [2.24, 2.45) is 0 Å². The molecule has 1 aliphatic rings. The molecule has 0 aliphatic carbocycles. The van der Waals surface area contributed by atoms with Gasteiger partial charge >= 0.3 is 0 Å². The minimum atomic E-state index is -0.406. The van der Waals surface area contributed by atoms with Crippen LogP contribution in [0.5, 0.6) is 5.88 Å². The van der Waals surface area contributed by atoms with Gasteiger partial charge in [-0.1, -0.05) is 29.3 Å². The molecule has 3 aromatic rings. The Kier molecular flexibility index (Phi) is 7.20. The smallest absolute Gasteiger partial charge is 0.213 e. The van der Waals surface area contributed by atoms with Gasteiger partial charge in [-0.05, 0) is 30.2 Å². The lowest BCUT2D eigenvalue weighted by Crippen LogP contribution is -2.44. The molecule has 6 nitrogen and oxygen atoms in total. The highest BCUT2D eigenvalue weighted by molar-refractivity contribution is 6.42. The summed E-state index contributed by atoms with van der Waals surface area (Å²) in [4.78, 5) is 8.46. The van der Waals surface area contributed by atoms with Crippen molar-refractivity contribution in [2.75, 3.05) is 20.3 Å². The van der Waals surface area contributed by atoms with Crippen LogP contribution in [0.1, 0.15) is 17.5 Å². The lowest BCUT2D eigenvalue weighted by molar-refractivity contribution is -0.192. The van der Waals surface area contributed by atoms with E-state index >= 15 is 0 Å². The molecule has 31 heavy (non-hydrogen) atoms. The summed E-state index contributed by atoms with van der Waals surface area (Å²) in [6.07, 6.45) is 1.74. The molecule has 0 amide bonds. The number of halogens is 3. The Labute approximate surface area is 189 Å². The van der Waals surface area contributed by atoms with Crippen LogP contribution in [0.25, 0.3) is 11.0 Å². The Morgan fingerprint density at radius 2 is 1.97 bits per heavy atom. The number of ether oxygens (including phenoxy) is 3. The number of pyridine rings is 2. The lowest BCUT2D eigenvalue weighted by Gasteiger charge is -2.30. The molecular formula is C22H22Cl2FN3O3. The Morgan fingerprint density at radius 3 is 2.71 bits per heavy atom. The molecule has 0 unspecified atom stereocenters. The standard InChI is InChI=1S/C22H22Cl2FN3O3/c1-29-20-6-5-19-22(28-20)15(18(25)10-27-19)3-7-21-30-11-14(12-31-21)26-9-13-2-4-16(23)17(24)8-13/h2,4-6,8,10,14,21,26H,3,7,9,11-12H2,1H3. The molecule has 164 valence electrons. The van der Waals surface area contributed by atoms with Gasteiger partial charge in [-0.25, -0.2) is 9.37 Å². The molecule has 4 rings (SSSR count). The van der Waals surface area contributed by atoms with E-state index in [0.717, 1.165) is 5.56 Å². The SMILES string of the molecule is COc1ccc2ncc(F)c(CCC3OCC(NCc4ccc(Cl)c(Cl)c4)CO3)c2n1. The van der Waals surface area contributed by atoms with Crippen molar-refractivity contribution < 1.29 is 18.6 Å². The molecule has 9 heteroatoms. The summed E-state index contributed by atoms with van der Waals surface area (Å²) in [7, 11) is 1.52. The normalized spacial score (nSPS) is 19.0. The average Bonchev–Trinajstić information content (AvgIpc) is 2.79. The second-order valence-corrected chi connectivity index (χ2v) is 8.08. The maximum absolute atomic E-state index is 14.4. The number of hydrogen-bond acceptors (Lipinski definition) is 6. The second-order valence-electron chi connectivity index (χ2n) is 7.27. The van der Waals surface area contributed by atoms with Gasteiger partial charge < -0.3 is 19.5 Å². The van der Waals surface area contributed by atoms with E-state index in [1.807, 2.05) is 12.1 Å². The Balaban J connectivity index is 1.30. The molecule has 0 saturated carbocycles. The third kappa shape index (κ3) is 5.42. The molecule has 1 fully saturated rings. The van der Waals surface area contributed by atoms with Crippen molar-refractivity contribution in [3.05, 3.63) is 63.5 Å². The minimum absolute atomic E-state index is 0.0510. The minimum Gasteiger partial charge on any atom is -0.481 e. The van der Waals surface area contributed by atoms with Crippen LogP contribution < -0.4 is 10.1 Å². The summed E-state index contributed by atoms with van der Waals surface area (Å²) in [6.45, 7) is 1.62. The summed E-state index contributed by atoms with van der Waals surface area (Å²) in [5.41, 5.74) is 2.63. The monoisotopic (exact) mass is 465 g/mol. The number of nitrogens with zero attached hydrogens (tertiary/aromatic N) is 2. The topological polar surface area (TPSA) is 65.5 Å². The number of fused-ring (bicyclic) bond motifs is 1. The van der Waals surface area contributed by atoms with Gasteiger partial charge in [0, 0.05) is 24.6 Å². The van der Waals surface area contributed by atoms with E-state index in [9.17, 15) is 4.39 Å². The van der Waals surface area contributed by atoms with Gasteiger partial charge in [0.25, 0.3) is 0 Å². The van der Waals surface area contributed by atoms with Crippen LogP contribution >= 0.6 is 23.2 Å². The van der Waals surface area contributed by atoms with Crippen LogP contribution in [0, 0.1) is 5.82 Å². The van der Waals surface area contributed by atoms with Crippen LogP contribution in [0.3, 0.4) is 0 Å². The maximum Gasteiger partial charge on any atom is 0.213 e. The molecule has 1 saturated heterocycles. The highest BCUT2D eigenvalue weighted by Crippen LogP contribution is 2.24. The second kappa shape index (κ2) is 10.1. The van der Waals surface area contributed by atoms with Crippen LogP contribution in [0.4, 0.5) is 4.39 Å². The molecule has 1 aliphatic heterocycles. The fourth-order valence-corrected chi connectivity index (χ4v) is 3.75. The first kappa shape index (κ1) is 22.2. The van der Waals surface area contributed by atoms with E-state index in [2.05, 4.69) is 15.3 Å². The first-order valence-electron chi connectivity index (χ1n) is 9.92. The first-order valence-corrected chi connectivity index (χ1v) is 10.7. The lowest BCUT2D eigenvalue weighted by atomic mass is 10.1. The molecule has 1 aromatic carbocycles. The Bertz CT molecular complexity index is 1060. The molecule has 1 N–H and O–H groups in total. The number of benzene rings is 1. The van der Waals surface area contributed by atoms with E-state index in [1.165, 1.54) is 13.3 Å². The molecular weight excluding hydrogens is 444 g/mol. The van der Waals surface area contributed by atoms with Crippen molar-refractivity contribution in [3.8, 4) is 5.88 Å². The highest BCUT2D eigenvalue weighted by Gasteiger charge is 2.23. The maximum atomic E-state index is 14.4. The van der Waals surface area contributed by atoms with E-state index in [0.29, 0.717) is 65.1 Å². The molecule has 3 heterocycles. The predicted octanol–water partition coefficient (Wildman–Crippen LogP) is 4.55. The van der Waals surface area contributed by atoms with Crippen molar-refractivity contribution in [1.82, 2.24) is 15.3 Å². The van der Waals surface area contributed by atoms with E-state index in [4.69, 9.17) is 37.4 Å². The number of rotatable bonds is 7. The quantitative estimate of drug-likeness (QED) is 0.552. The number of hydrogen-bond donors (Lipinski definition) is 1. The largest absolute Gasteiger partial charge is 0.481 e. The average molecular weight is 466 g/mol. The zero-order valence-electron chi connectivity index (χ0n) is 16.9. The van der Waals surface area contributed by atoms with E-state index in [-0.39, 0.29) is 6.04 Å². The fraction of sp³-hybridized carbons (Fsp3) is 0.364. The van der Waals surface area contributed by atoms with Gasteiger partial charge in [0.1, 0.15) is 5.82 Å². The summed E-state index contributed by atoms with van der Waals surface area (Å²) in [5.74, 6) is 0.0208. The Morgan fingerprint density at radius 1 is 1.16 bits per heavy atom. The van der Waals surface area contributed by atoms with Gasteiger partial charge in [-0.2, -0.15) is 0 Å². The van der Waals surface area contributed by atoms with E-state index in [1.54, 1.807) is 18.2 Å². The molecule has 0 bridgehead atoms. The zero-order valence-corrected chi connectivity index (χ0v) is 18.4. The Hall–Kier alpha value is -2.03. The molecule has 0 spiro atoms. The number of nitrogens with one attached hydrogen (secondary N) is 1. The van der Waals surface area contributed by atoms with Crippen molar-refractivity contribution >= 4 is 34.2 Å². The summed E-state index contributed by atoms with van der Waals surface area (Å²) >= 11 is 12.0. The molecule has 0 atom stereocenters. The molecule has 2 aromatic heterocycles. The summed E-state index contributed by atoms with van der Waals surface area (Å²) in [6, 6.07) is 9.05. The van der Waals surface area contributed by atoms with Crippen molar-refractivity contribution in [1.29, 1.82) is 0 Å². The van der Waals surface area contributed by atoms with Gasteiger partial charge in [0.05, 0.1) is 53.6 Å². The van der Waals surface area contributed by atoms with Gasteiger partial charge in [0.2, 0.25) is 5.88 Å². The third-order valence-electron chi connectivity index (χ3n) is 5.12. The third-order valence-corrected chi connectivity index (χ3v) is 5.86. The van der Waals surface area contributed by atoms with Gasteiger partial charge in [-0.15, -0.1) is 0 Å².